The molecule has 1 N–H and O–H groups in total. The Hall–Kier alpha value is -1.85. The van der Waals surface area contributed by atoms with Crippen LogP contribution in [0.4, 0.5) is 0 Å². The molecule has 0 aliphatic carbocycles. The SMILES string of the molecule is COC(=O)CCCCCNC(=O)c1cc(C)on1. The topological polar surface area (TPSA) is 81.4 Å². The Bertz CT molecular complexity index is 401. The first kappa shape index (κ1) is 14.2. The Kier molecular flexibility index (Phi) is 5.90. The van der Waals surface area contributed by atoms with Crippen LogP contribution in [0.5, 0.6) is 0 Å². The van der Waals surface area contributed by atoms with E-state index in [2.05, 4.69) is 15.2 Å². The lowest BCUT2D eigenvalue weighted by Crippen LogP contribution is -2.24. The van der Waals surface area contributed by atoms with Gasteiger partial charge in [-0.15, -0.1) is 0 Å². The number of hydrogen-bond acceptors (Lipinski definition) is 5. The molecule has 0 unspecified atom stereocenters. The Balaban J connectivity index is 2.08. The summed E-state index contributed by atoms with van der Waals surface area (Å²) in [5, 5.41) is 6.35. The molecule has 1 amide bonds. The van der Waals surface area contributed by atoms with Gasteiger partial charge >= 0.3 is 5.97 Å². The van der Waals surface area contributed by atoms with Crippen molar-refractivity contribution >= 4 is 11.9 Å². The Labute approximate surface area is 106 Å². The third-order valence-corrected chi connectivity index (χ3v) is 2.43. The maximum absolute atomic E-state index is 11.5. The van der Waals surface area contributed by atoms with Gasteiger partial charge in [-0.2, -0.15) is 0 Å². The fraction of sp³-hybridized carbons (Fsp3) is 0.583. The van der Waals surface area contributed by atoms with Gasteiger partial charge in [0.15, 0.2) is 5.69 Å². The number of carbonyl (C=O) groups excluding carboxylic acids is 2. The minimum atomic E-state index is -0.236. The lowest BCUT2D eigenvalue weighted by Gasteiger charge is -2.02. The maximum atomic E-state index is 11.5. The number of methoxy groups -OCH3 is 1. The van der Waals surface area contributed by atoms with E-state index >= 15 is 0 Å². The van der Waals surface area contributed by atoms with Gasteiger partial charge in [-0.05, 0) is 19.8 Å². The number of nitrogens with zero attached hydrogens (tertiary/aromatic N) is 1. The highest BCUT2D eigenvalue weighted by Crippen LogP contribution is 2.02. The minimum Gasteiger partial charge on any atom is -0.469 e. The second-order valence-electron chi connectivity index (χ2n) is 3.97. The first-order valence-electron chi connectivity index (χ1n) is 5.92. The number of esters is 1. The third kappa shape index (κ3) is 4.99. The lowest BCUT2D eigenvalue weighted by molar-refractivity contribution is -0.140. The van der Waals surface area contributed by atoms with Crippen molar-refractivity contribution in [1.82, 2.24) is 10.5 Å². The van der Waals surface area contributed by atoms with Crippen molar-refractivity contribution in [3.8, 4) is 0 Å². The number of aromatic nitrogens is 1. The van der Waals surface area contributed by atoms with Crippen LogP contribution in [0.25, 0.3) is 0 Å². The van der Waals surface area contributed by atoms with Crippen LogP contribution in [-0.2, 0) is 9.53 Å². The van der Waals surface area contributed by atoms with Gasteiger partial charge in [0.1, 0.15) is 5.76 Å². The van der Waals surface area contributed by atoms with E-state index in [9.17, 15) is 9.59 Å². The molecule has 1 heterocycles. The zero-order valence-corrected chi connectivity index (χ0v) is 10.7. The fourth-order valence-electron chi connectivity index (χ4n) is 1.44. The second kappa shape index (κ2) is 7.47. The van der Waals surface area contributed by atoms with Gasteiger partial charge in [0, 0.05) is 19.0 Å². The van der Waals surface area contributed by atoms with E-state index in [0.717, 1.165) is 19.3 Å². The van der Waals surface area contributed by atoms with E-state index < -0.39 is 0 Å². The highest BCUT2D eigenvalue weighted by Gasteiger charge is 2.09. The van der Waals surface area contributed by atoms with Crippen LogP contribution in [-0.4, -0.2) is 30.7 Å². The van der Waals surface area contributed by atoms with Crippen LogP contribution in [0.15, 0.2) is 10.6 Å². The summed E-state index contributed by atoms with van der Waals surface area (Å²) in [6.07, 6.45) is 2.88. The number of aryl methyl sites for hydroxylation is 1. The largest absolute Gasteiger partial charge is 0.469 e. The molecule has 0 atom stereocenters. The first-order valence-corrected chi connectivity index (χ1v) is 5.92. The molecule has 0 aliphatic rings. The molecule has 0 saturated heterocycles. The molecular formula is C12H18N2O4. The van der Waals surface area contributed by atoms with Crippen molar-refractivity contribution < 1.29 is 18.8 Å². The molecule has 18 heavy (non-hydrogen) atoms. The quantitative estimate of drug-likeness (QED) is 0.588. The second-order valence-corrected chi connectivity index (χ2v) is 3.97. The third-order valence-electron chi connectivity index (χ3n) is 2.43. The van der Waals surface area contributed by atoms with Crippen LogP contribution in [0.2, 0.25) is 0 Å². The normalized spacial score (nSPS) is 10.1. The van der Waals surface area contributed by atoms with E-state index in [-0.39, 0.29) is 11.9 Å². The lowest BCUT2D eigenvalue weighted by atomic mass is 10.2. The van der Waals surface area contributed by atoms with Gasteiger partial charge in [-0.3, -0.25) is 9.59 Å². The first-order chi connectivity index (χ1) is 8.63. The minimum absolute atomic E-state index is 0.197. The summed E-state index contributed by atoms with van der Waals surface area (Å²) < 4.78 is 9.33. The number of ether oxygens (including phenoxy) is 1. The fourth-order valence-corrected chi connectivity index (χ4v) is 1.44. The Morgan fingerprint density at radius 2 is 2.17 bits per heavy atom. The van der Waals surface area contributed by atoms with Gasteiger partial charge in [0.05, 0.1) is 7.11 Å². The molecule has 6 nitrogen and oxygen atoms in total. The number of amides is 1. The van der Waals surface area contributed by atoms with Gasteiger partial charge < -0.3 is 14.6 Å². The van der Waals surface area contributed by atoms with Crippen LogP contribution in [0, 0.1) is 6.92 Å². The van der Waals surface area contributed by atoms with Gasteiger partial charge in [-0.25, -0.2) is 0 Å². The predicted molar refractivity (Wildman–Crippen MR) is 64.1 cm³/mol. The molecule has 1 aromatic heterocycles. The highest BCUT2D eigenvalue weighted by molar-refractivity contribution is 5.92. The van der Waals surface area contributed by atoms with Gasteiger partial charge in [0.2, 0.25) is 0 Å². The number of carbonyl (C=O) groups is 2. The summed E-state index contributed by atoms with van der Waals surface area (Å²) in [5.74, 6) is 0.176. The average Bonchev–Trinajstić information content (AvgIpc) is 2.79. The Morgan fingerprint density at radius 1 is 1.39 bits per heavy atom. The number of rotatable bonds is 7. The van der Waals surface area contributed by atoms with Crippen LogP contribution in [0.1, 0.15) is 41.9 Å². The van der Waals surface area contributed by atoms with E-state index in [0.29, 0.717) is 24.4 Å². The molecule has 0 spiro atoms. The van der Waals surface area contributed by atoms with Crippen LogP contribution in [0.3, 0.4) is 0 Å². The van der Waals surface area contributed by atoms with E-state index in [1.54, 1.807) is 13.0 Å². The molecule has 0 fully saturated rings. The van der Waals surface area contributed by atoms with Crippen molar-refractivity contribution in [2.24, 2.45) is 0 Å². The summed E-state index contributed by atoms with van der Waals surface area (Å²) in [5.41, 5.74) is 0.294. The molecule has 6 heteroatoms. The molecule has 1 rings (SSSR count). The van der Waals surface area contributed by atoms with Crippen molar-refractivity contribution in [3.05, 3.63) is 17.5 Å². The molecule has 0 aromatic carbocycles. The predicted octanol–water partition coefficient (Wildman–Crippen LogP) is 1.45. The van der Waals surface area contributed by atoms with E-state index in [1.165, 1.54) is 7.11 Å². The van der Waals surface area contributed by atoms with Crippen molar-refractivity contribution in [2.45, 2.75) is 32.6 Å². The monoisotopic (exact) mass is 254 g/mol. The molecule has 0 aliphatic heterocycles. The summed E-state index contributed by atoms with van der Waals surface area (Å²) in [4.78, 5) is 22.4. The van der Waals surface area contributed by atoms with Crippen molar-refractivity contribution in [3.63, 3.8) is 0 Å². The standard InChI is InChI=1S/C12H18N2O4/c1-9-8-10(14-18-9)12(16)13-7-5-3-4-6-11(15)17-2/h8H,3-7H2,1-2H3,(H,13,16). The molecule has 0 bridgehead atoms. The number of hydrogen-bond donors (Lipinski definition) is 1. The summed E-state index contributed by atoms with van der Waals surface area (Å²) >= 11 is 0. The molecular weight excluding hydrogens is 236 g/mol. The number of unbranched alkanes of at least 4 members (excludes halogenated alkanes) is 2. The highest BCUT2D eigenvalue weighted by atomic mass is 16.5. The van der Waals surface area contributed by atoms with Gasteiger partial charge in [-0.1, -0.05) is 11.6 Å². The van der Waals surface area contributed by atoms with Crippen LogP contribution >= 0.6 is 0 Å². The zero-order valence-electron chi connectivity index (χ0n) is 10.7. The zero-order chi connectivity index (χ0) is 13.4. The van der Waals surface area contributed by atoms with Gasteiger partial charge in [0.25, 0.3) is 5.91 Å². The molecule has 1 aromatic rings. The summed E-state index contributed by atoms with van der Waals surface area (Å²) in [6, 6.07) is 1.59. The van der Waals surface area contributed by atoms with E-state index in [1.807, 2.05) is 0 Å². The maximum Gasteiger partial charge on any atom is 0.305 e. The summed E-state index contributed by atoms with van der Waals surface area (Å²) in [7, 11) is 1.38. The van der Waals surface area contributed by atoms with E-state index in [4.69, 9.17) is 4.52 Å². The summed E-state index contributed by atoms with van der Waals surface area (Å²) in [6.45, 7) is 2.29. The number of nitrogens with one attached hydrogen (secondary N) is 1. The van der Waals surface area contributed by atoms with Crippen LogP contribution < -0.4 is 5.32 Å². The van der Waals surface area contributed by atoms with Crippen molar-refractivity contribution in [2.75, 3.05) is 13.7 Å². The molecule has 0 saturated carbocycles. The Morgan fingerprint density at radius 3 is 2.78 bits per heavy atom. The average molecular weight is 254 g/mol. The van der Waals surface area contributed by atoms with Crippen molar-refractivity contribution in [1.29, 1.82) is 0 Å². The molecule has 100 valence electrons. The molecule has 0 radical (unpaired) electrons. The smallest absolute Gasteiger partial charge is 0.305 e.